The smallest absolute Gasteiger partial charge is 0.267 e. The molecule has 1 aliphatic heterocycles. The Morgan fingerprint density at radius 2 is 2.00 bits per heavy atom. The first-order valence-corrected chi connectivity index (χ1v) is 6.58. The van der Waals surface area contributed by atoms with Gasteiger partial charge in [0.1, 0.15) is 18.2 Å². The Balaban J connectivity index is 2.70. The molecule has 0 aromatic heterocycles. The number of rotatable bonds is 3. The SMILES string of the molecule is CC(=NCC(=O)N1CC(F)(F)CC1C(N)=O)OC(C)(C)C. The summed E-state index contributed by atoms with van der Waals surface area (Å²) in [6.07, 6.45) is -0.741. The number of amides is 2. The average Bonchev–Trinajstić information content (AvgIpc) is 2.60. The van der Waals surface area contributed by atoms with Gasteiger partial charge >= 0.3 is 0 Å². The predicted octanol–water partition coefficient (Wildman–Crippen LogP) is 0.941. The maximum atomic E-state index is 13.3. The molecule has 0 aromatic rings. The predicted molar refractivity (Wildman–Crippen MR) is 73.1 cm³/mol. The molecule has 0 bridgehead atoms. The molecule has 2 amide bonds. The number of ether oxygens (including phenoxy) is 1. The fourth-order valence-electron chi connectivity index (χ4n) is 2.08. The van der Waals surface area contributed by atoms with Gasteiger partial charge in [-0.25, -0.2) is 13.8 Å². The van der Waals surface area contributed by atoms with Gasteiger partial charge in [-0.1, -0.05) is 0 Å². The van der Waals surface area contributed by atoms with Crippen molar-refractivity contribution in [3.05, 3.63) is 0 Å². The van der Waals surface area contributed by atoms with Crippen LogP contribution in [-0.2, 0) is 14.3 Å². The zero-order valence-electron chi connectivity index (χ0n) is 12.7. The van der Waals surface area contributed by atoms with Crippen molar-refractivity contribution in [3.8, 4) is 0 Å². The molecule has 0 saturated carbocycles. The van der Waals surface area contributed by atoms with E-state index in [1.54, 1.807) is 6.92 Å². The summed E-state index contributed by atoms with van der Waals surface area (Å²) in [7, 11) is 0. The van der Waals surface area contributed by atoms with Crippen molar-refractivity contribution < 1.29 is 23.1 Å². The van der Waals surface area contributed by atoms with Gasteiger partial charge in [0.25, 0.3) is 5.92 Å². The van der Waals surface area contributed by atoms with Crippen molar-refractivity contribution in [1.82, 2.24) is 4.90 Å². The minimum absolute atomic E-state index is 0.275. The van der Waals surface area contributed by atoms with Crippen LogP contribution in [-0.4, -0.2) is 53.3 Å². The lowest BCUT2D eigenvalue weighted by Gasteiger charge is -2.22. The van der Waals surface area contributed by atoms with E-state index >= 15 is 0 Å². The Morgan fingerprint density at radius 1 is 1.43 bits per heavy atom. The summed E-state index contributed by atoms with van der Waals surface area (Å²) in [6.45, 7) is 5.85. The van der Waals surface area contributed by atoms with E-state index in [1.807, 2.05) is 20.8 Å². The Labute approximate surface area is 122 Å². The number of hydrogen-bond donors (Lipinski definition) is 1. The van der Waals surface area contributed by atoms with Crippen LogP contribution < -0.4 is 5.73 Å². The number of primary amides is 1. The molecule has 2 N–H and O–H groups in total. The van der Waals surface area contributed by atoms with E-state index in [4.69, 9.17) is 10.5 Å². The molecule has 0 aliphatic carbocycles. The summed E-state index contributed by atoms with van der Waals surface area (Å²) in [5.74, 6) is -4.44. The van der Waals surface area contributed by atoms with Crippen LogP contribution in [0.3, 0.4) is 0 Å². The molecule has 0 spiro atoms. The number of aliphatic imine (C=N–C) groups is 1. The van der Waals surface area contributed by atoms with E-state index in [9.17, 15) is 18.4 Å². The second kappa shape index (κ2) is 5.95. The van der Waals surface area contributed by atoms with Gasteiger partial charge in [0.05, 0.1) is 6.54 Å². The molecule has 1 heterocycles. The number of nitrogens with zero attached hydrogens (tertiary/aromatic N) is 2. The molecule has 120 valence electrons. The quantitative estimate of drug-likeness (QED) is 0.622. The molecule has 6 nitrogen and oxygen atoms in total. The Hall–Kier alpha value is -1.73. The van der Waals surface area contributed by atoms with Gasteiger partial charge in [0.15, 0.2) is 5.90 Å². The number of nitrogens with two attached hydrogens (primary N) is 1. The van der Waals surface area contributed by atoms with Gasteiger partial charge in [-0.2, -0.15) is 0 Å². The molecule has 0 aromatic carbocycles. The number of carbonyl (C=O) groups excluding carboxylic acids is 2. The molecule has 21 heavy (non-hydrogen) atoms. The number of hydrogen-bond acceptors (Lipinski definition) is 4. The lowest BCUT2D eigenvalue weighted by molar-refractivity contribution is -0.136. The second-order valence-electron chi connectivity index (χ2n) is 6.05. The fourth-order valence-corrected chi connectivity index (χ4v) is 2.08. The summed E-state index contributed by atoms with van der Waals surface area (Å²) < 4.78 is 32.1. The van der Waals surface area contributed by atoms with E-state index in [-0.39, 0.29) is 12.4 Å². The maximum absolute atomic E-state index is 13.3. The normalized spacial score (nSPS) is 22.3. The minimum atomic E-state index is -3.10. The molecule has 1 rings (SSSR count). The molecular formula is C13H21F2N3O3. The second-order valence-corrected chi connectivity index (χ2v) is 6.05. The summed E-state index contributed by atoms with van der Waals surface area (Å²) in [5, 5.41) is 0. The molecular weight excluding hydrogens is 284 g/mol. The van der Waals surface area contributed by atoms with Crippen LogP contribution >= 0.6 is 0 Å². The number of alkyl halides is 2. The van der Waals surface area contributed by atoms with Gasteiger partial charge < -0.3 is 15.4 Å². The van der Waals surface area contributed by atoms with E-state index < -0.39 is 42.3 Å². The van der Waals surface area contributed by atoms with Crippen LogP contribution in [0.1, 0.15) is 34.1 Å². The van der Waals surface area contributed by atoms with Crippen molar-refractivity contribution in [2.45, 2.75) is 51.7 Å². The first-order valence-electron chi connectivity index (χ1n) is 6.58. The van der Waals surface area contributed by atoms with Crippen LogP contribution in [0.5, 0.6) is 0 Å². The molecule has 1 fully saturated rings. The highest BCUT2D eigenvalue weighted by Gasteiger charge is 2.49. The number of carbonyl (C=O) groups is 2. The maximum Gasteiger partial charge on any atom is 0.267 e. The van der Waals surface area contributed by atoms with Crippen LogP contribution in [0.15, 0.2) is 4.99 Å². The first kappa shape index (κ1) is 17.3. The Kier molecular flexibility index (Phi) is 4.91. The number of likely N-dealkylation sites (tertiary alicyclic amines) is 1. The zero-order valence-corrected chi connectivity index (χ0v) is 12.7. The van der Waals surface area contributed by atoms with Gasteiger partial charge in [-0.3, -0.25) is 9.59 Å². The monoisotopic (exact) mass is 305 g/mol. The van der Waals surface area contributed by atoms with Crippen LogP contribution in [0, 0.1) is 0 Å². The lowest BCUT2D eigenvalue weighted by atomic mass is 10.2. The van der Waals surface area contributed by atoms with Crippen molar-refractivity contribution in [3.63, 3.8) is 0 Å². The molecule has 1 saturated heterocycles. The lowest BCUT2D eigenvalue weighted by Crippen LogP contribution is -2.44. The Bertz CT molecular complexity index is 458. The summed E-state index contributed by atoms with van der Waals surface area (Å²) in [5.41, 5.74) is 4.59. The molecule has 1 unspecified atom stereocenters. The summed E-state index contributed by atoms with van der Waals surface area (Å²) in [6, 6.07) is -1.29. The van der Waals surface area contributed by atoms with Gasteiger partial charge in [0.2, 0.25) is 11.8 Å². The highest BCUT2D eigenvalue weighted by molar-refractivity contribution is 5.89. The molecule has 8 heteroatoms. The van der Waals surface area contributed by atoms with Crippen LogP contribution in [0.4, 0.5) is 8.78 Å². The average molecular weight is 305 g/mol. The topological polar surface area (TPSA) is 85.0 Å². The molecule has 1 aliphatic rings. The standard InChI is InChI=1S/C13H21F2N3O3/c1-8(21-12(2,3)4)17-6-10(19)18-7-13(14,15)5-9(18)11(16)20/h9H,5-7H2,1-4H3,(H2,16,20). The van der Waals surface area contributed by atoms with E-state index in [0.717, 1.165) is 4.90 Å². The van der Waals surface area contributed by atoms with Crippen LogP contribution in [0.25, 0.3) is 0 Å². The minimum Gasteiger partial charge on any atom is -0.476 e. The third-order valence-electron chi connectivity index (χ3n) is 2.81. The summed E-state index contributed by atoms with van der Waals surface area (Å²) >= 11 is 0. The largest absolute Gasteiger partial charge is 0.476 e. The van der Waals surface area contributed by atoms with Crippen molar-refractivity contribution in [1.29, 1.82) is 0 Å². The molecule has 0 radical (unpaired) electrons. The highest BCUT2D eigenvalue weighted by Crippen LogP contribution is 2.31. The van der Waals surface area contributed by atoms with E-state index in [0.29, 0.717) is 0 Å². The van der Waals surface area contributed by atoms with Crippen molar-refractivity contribution in [2.24, 2.45) is 10.7 Å². The van der Waals surface area contributed by atoms with E-state index in [1.165, 1.54) is 0 Å². The van der Waals surface area contributed by atoms with Gasteiger partial charge in [-0.15, -0.1) is 0 Å². The fraction of sp³-hybridized carbons (Fsp3) is 0.769. The van der Waals surface area contributed by atoms with Gasteiger partial charge in [0, 0.05) is 13.3 Å². The zero-order chi connectivity index (χ0) is 16.4. The number of halogens is 2. The summed E-state index contributed by atoms with van der Waals surface area (Å²) in [4.78, 5) is 27.8. The van der Waals surface area contributed by atoms with Crippen molar-refractivity contribution in [2.75, 3.05) is 13.1 Å². The third kappa shape index (κ3) is 5.28. The molecule has 1 atom stereocenters. The first-order chi connectivity index (χ1) is 9.41. The highest BCUT2D eigenvalue weighted by atomic mass is 19.3. The van der Waals surface area contributed by atoms with Crippen LogP contribution in [0.2, 0.25) is 0 Å². The van der Waals surface area contributed by atoms with Crippen molar-refractivity contribution >= 4 is 17.7 Å². The van der Waals surface area contributed by atoms with E-state index in [2.05, 4.69) is 4.99 Å². The Morgan fingerprint density at radius 3 is 2.48 bits per heavy atom. The van der Waals surface area contributed by atoms with Gasteiger partial charge in [-0.05, 0) is 20.8 Å². The third-order valence-corrected chi connectivity index (χ3v) is 2.81.